The second kappa shape index (κ2) is 6.91. The van der Waals surface area contributed by atoms with Gasteiger partial charge in [-0.1, -0.05) is 25.5 Å². The third kappa shape index (κ3) is 3.05. The first-order valence-corrected chi connectivity index (χ1v) is 9.95. The van der Waals surface area contributed by atoms with E-state index in [0.29, 0.717) is 12.0 Å². The third-order valence-electron chi connectivity index (χ3n) is 6.90. The van der Waals surface area contributed by atoms with E-state index in [1.165, 1.54) is 24.3 Å². The van der Waals surface area contributed by atoms with Crippen molar-refractivity contribution in [3.05, 3.63) is 35.6 Å². The molecule has 166 valence electrons. The summed E-state index contributed by atoms with van der Waals surface area (Å²) in [4.78, 5) is 1.63. The number of alkyl halides is 6. The van der Waals surface area contributed by atoms with Gasteiger partial charge >= 0.3 is 12.4 Å². The normalized spacial score (nSPS) is 34.6. The van der Waals surface area contributed by atoms with Gasteiger partial charge in [0.2, 0.25) is 12.8 Å². The summed E-state index contributed by atoms with van der Waals surface area (Å²) in [6, 6.07) is 4.56. The van der Waals surface area contributed by atoms with Gasteiger partial charge in [0.25, 0.3) is 0 Å². The molecule has 3 nitrogen and oxygen atoms in total. The van der Waals surface area contributed by atoms with Crippen LogP contribution in [0.1, 0.15) is 44.2 Å². The van der Waals surface area contributed by atoms with Gasteiger partial charge in [-0.05, 0) is 30.5 Å². The van der Waals surface area contributed by atoms with Crippen molar-refractivity contribution in [1.82, 2.24) is 4.90 Å². The number of benzene rings is 1. The molecule has 1 saturated carbocycles. The Morgan fingerprint density at radius 1 is 1.13 bits per heavy atom. The van der Waals surface area contributed by atoms with Gasteiger partial charge in [-0.3, -0.25) is 0 Å². The van der Waals surface area contributed by atoms with E-state index in [2.05, 4.69) is 0 Å². The summed E-state index contributed by atoms with van der Waals surface area (Å²) in [6.45, 7) is 1.86. The summed E-state index contributed by atoms with van der Waals surface area (Å²) < 4.78 is 97.7. The average Bonchev–Trinajstić information content (AvgIpc) is 3.07. The Morgan fingerprint density at radius 2 is 1.77 bits per heavy atom. The highest BCUT2D eigenvalue weighted by Crippen LogP contribution is 2.58. The highest BCUT2D eigenvalue weighted by atomic mass is 19.4. The predicted octanol–water partition coefficient (Wildman–Crippen LogP) is 4.58. The van der Waals surface area contributed by atoms with Crippen LogP contribution in [-0.2, 0) is 0 Å². The van der Waals surface area contributed by atoms with Crippen molar-refractivity contribution in [2.75, 3.05) is 6.67 Å². The molecule has 4 rings (SSSR count). The zero-order chi connectivity index (χ0) is 22.1. The molecule has 0 radical (unpaired) electrons. The summed E-state index contributed by atoms with van der Waals surface area (Å²) in [7, 11) is 0. The molecule has 2 bridgehead atoms. The highest BCUT2D eigenvalue weighted by molar-refractivity contribution is 5.93. The minimum Gasteiger partial charge on any atom is -0.317 e. The van der Waals surface area contributed by atoms with E-state index in [4.69, 9.17) is 5.73 Å². The molecule has 2 N–H and O–H groups in total. The maximum atomic E-state index is 14.1. The summed E-state index contributed by atoms with van der Waals surface area (Å²) in [5, 5.41) is 0. The lowest BCUT2D eigenvalue weighted by Gasteiger charge is -2.47. The fourth-order valence-corrected chi connectivity index (χ4v) is 5.66. The molecule has 6 unspecified atom stereocenters. The molecule has 30 heavy (non-hydrogen) atoms. The van der Waals surface area contributed by atoms with Crippen LogP contribution in [0.3, 0.4) is 0 Å². The Bertz CT molecular complexity index is 845. The molecule has 1 saturated heterocycles. The smallest absolute Gasteiger partial charge is 0.317 e. The first kappa shape index (κ1) is 21.5. The first-order valence-electron chi connectivity index (χ1n) is 9.95. The number of hydrogen-bond donors (Lipinski definition) is 1. The minimum atomic E-state index is -4.77. The average molecular weight is 438 g/mol. The van der Waals surface area contributed by atoms with Crippen molar-refractivity contribution < 1.29 is 35.3 Å². The molecule has 6 atom stereocenters. The summed E-state index contributed by atoms with van der Waals surface area (Å²) in [6.07, 6.45) is -11.1. The molecule has 0 amide bonds. The van der Waals surface area contributed by atoms with Crippen LogP contribution in [0.25, 0.3) is 0 Å². The molecule has 3 aliphatic rings. The lowest BCUT2D eigenvalue weighted by Crippen LogP contribution is -2.67. The second-order valence-electron chi connectivity index (χ2n) is 8.47. The van der Waals surface area contributed by atoms with Crippen LogP contribution in [0, 0.1) is 17.7 Å². The van der Waals surface area contributed by atoms with Crippen molar-refractivity contribution >= 4 is 5.71 Å². The van der Waals surface area contributed by atoms with Crippen molar-refractivity contribution in [3.63, 3.8) is 0 Å². The SMILES string of the molecule is CCCC12C(=[N+]3CN1C3C(N)c1ccc(F)cc1)CC(C(F)(F)F)CC2C(F)(F)F. The fraction of sp³-hybridized carbons (Fsp3) is 0.650. The van der Waals surface area contributed by atoms with E-state index in [9.17, 15) is 30.7 Å². The van der Waals surface area contributed by atoms with E-state index in [0.717, 1.165) is 0 Å². The Morgan fingerprint density at radius 3 is 2.30 bits per heavy atom. The Kier molecular flexibility index (Phi) is 4.97. The van der Waals surface area contributed by atoms with Gasteiger partial charge in [0.1, 0.15) is 17.4 Å². The third-order valence-corrected chi connectivity index (χ3v) is 6.90. The standard InChI is InChI=1S/C20H23F7N3/c1-2-7-18-14(20(25,26)27)8-12(19(22,23)24)9-15(18)29-10-30(18)17(29)16(28)11-3-5-13(21)6-4-11/h3-6,12,14,16-17H,2,7-10,28H2,1H3/q+1. The van der Waals surface area contributed by atoms with Gasteiger partial charge in [-0.2, -0.15) is 31.2 Å². The van der Waals surface area contributed by atoms with Crippen LogP contribution in [0.2, 0.25) is 0 Å². The van der Waals surface area contributed by atoms with E-state index >= 15 is 0 Å². The Balaban J connectivity index is 1.78. The van der Waals surface area contributed by atoms with E-state index in [-0.39, 0.29) is 18.8 Å². The van der Waals surface area contributed by atoms with Gasteiger partial charge in [0.15, 0.2) is 5.71 Å². The highest BCUT2D eigenvalue weighted by Gasteiger charge is 2.76. The van der Waals surface area contributed by atoms with E-state index in [1.54, 1.807) is 16.4 Å². The molecular weight excluding hydrogens is 415 g/mol. The van der Waals surface area contributed by atoms with Crippen molar-refractivity contribution in [3.8, 4) is 0 Å². The van der Waals surface area contributed by atoms with Crippen molar-refractivity contribution in [2.24, 2.45) is 17.6 Å². The minimum absolute atomic E-state index is 0.111. The van der Waals surface area contributed by atoms with Crippen molar-refractivity contribution in [1.29, 1.82) is 0 Å². The molecule has 2 heterocycles. The van der Waals surface area contributed by atoms with Crippen LogP contribution in [0.15, 0.2) is 24.3 Å². The van der Waals surface area contributed by atoms with Gasteiger partial charge in [-0.15, -0.1) is 0 Å². The van der Waals surface area contributed by atoms with Crippen molar-refractivity contribution in [2.45, 2.75) is 62.7 Å². The predicted molar refractivity (Wildman–Crippen MR) is 95.1 cm³/mol. The fourth-order valence-electron chi connectivity index (χ4n) is 5.66. The molecule has 2 aliphatic heterocycles. The number of fused-ring (bicyclic) bond motifs is 4. The molecule has 0 aromatic heterocycles. The molecule has 1 aromatic rings. The van der Waals surface area contributed by atoms with Crippen LogP contribution < -0.4 is 5.73 Å². The van der Waals surface area contributed by atoms with Gasteiger partial charge in [0.05, 0.1) is 11.8 Å². The van der Waals surface area contributed by atoms with E-state index < -0.39 is 60.6 Å². The molecule has 2 fully saturated rings. The van der Waals surface area contributed by atoms with Gasteiger partial charge in [-0.25, -0.2) is 8.97 Å². The van der Waals surface area contributed by atoms with E-state index in [1.807, 2.05) is 0 Å². The first-order chi connectivity index (χ1) is 13.9. The van der Waals surface area contributed by atoms with Crippen LogP contribution >= 0.6 is 0 Å². The summed E-state index contributed by atoms with van der Waals surface area (Å²) in [5.74, 6) is -4.62. The maximum Gasteiger partial charge on any atom is 0.394 e. The topological polar surface area (TPSA) is 32.3 Å². The maximum absolute atomic E-state index is 14.1. The van der Waals surface area contributed by atoms with Gasteiger partial charge in [0, 0.05) is 6.42 Å². The summed E-state index contributed by atoms with van der Waals surface area (Å²) >= 11 is 0. The number of nitrogens with zero attached hydrogens (tertiary/aromatic N) is 2. The molecule has 0 spiro atoms. The Hall–Kier alpha value is -1.68. The molecule has 1 aromatic carbocycles. The summed E-state index contributed by atoms with van der Waals surface area (Å²) in [5.41, 5.74) is 5.55. The quantitative estimate of drug-likeness (QED) is 0.551. The zero-order valence-corrected chi connectivity index (χ0v) is 16.3. The monoisotopic (exact) mass is 438 g/mol. The van der Waals surface area contributed by atoms with Crippen LogP contribution in [0.4, 0.5) is 30.7 Å². The number of rotatable bonds is 4. The van der Waals surface area contributed by atoms with Gasteiger partial charge < -0.3 is 5.73 Å². The molecular formula is C20H23F7N3+. The number of nitrogens with two attached hydrogens (primary N) is 1. The van der Waals surface area contributed by atoms with Crippen LogP contribution in [-0.4, -0.2) is 45.9 Å². The lowest BCUT2D eigenvalue weighted by atomic mass is 9.65. The Labute approximate surface area is 169 Å². The molecule has 10 heteroatoms. The molecule has 1 aliphatic carbocycles. The zero-order valence-electron chi connectivity index (χ0n) is 16.3. The lowest BCUT2D eigenvalue weighted by molar-refractivity contribution is -0.677. The van der Waals surface area contributed by atoms with Crippen LogP contribution in [0.5, 0.6) is 0 Å². The second-order valence-corrected chi connectivity index (χ2v) is 8.47. The number of halogens is 7. The number of hydrogen-bond acceptors (Lipinski definition) is 2. The largest absolute Gasteiger partial charge is 0.394 e.